The van der Waals surface area contributed by atoms with Crippen molar-refractivity contribution in [1.29, 1.82) is 0 Å². The van der Waals surface area contributed by atoms with E-state index in [0.29, 0.717) is 16.9 Å². The maximum absolute atomic E-state index is 13.2. The Bertz CT molecular complexity index is 2930. The second-order valence-electron chi connectivity index (χ2n) is 14.8. The highest BCUT2D eigenvalue weighted by molar-refractivity contribution is 5.87. The molecule has 0 amide bonds. The lowest BCUT2D eigenvalue weighted by atomic mass is 9.99. The molecule has 0 bridgehead atoms. The molecule has 0 radical (unpaired) electrons. The minimum absolute atomic E-state index is 0.000872. The summed E-state index contributed by atoms with van der Waals surface area (Å²) in [5.74, 6) is -4.22. The smallest absolute Gasteiger partial charge is 0.335 e. The fraction of sp³-hybridized carbons (Fsp3) is 0.256. The third-order valence-corrected chi connectivity index (χ3v) is 10.5. The summed E-state index contributed by atoms with van der Waals surface area (Å²) in [5.41, 5.74) is -0.978. The summed E-state index contributed by atoms with van der Waals surface area (Å²) in [6.45, 7) is 0. The van der Waals surface area contributed by atoms with Crippen LogP contribution in [0.3, 0.4) is 0 Å². The highest BCUT2D eigenvalue weighted by atomic mass is 16.7. The molecule has 10 atom stereocenters. The molecule has 2 aromatic heterocycles. The standard InChI is InChI=1S/C43H36O22/c1-58-27-8-16(26-14-23(47)31-21(45)10-19(12-29(31)63-26)61-43-37(53)33(49)35(51)39(65-43)41(56)57)4-7-24(27)59-17-5-2-15(3-6-17)25-13-22(46)30-20(44)9-18(11-28(30)62-25)60-42-36(52)32(48)34(50)38(64-42)40(54)55/h2-14,32-39,42-45,48-53H,1H3,(H,54,55)(H,56,57)/t32-,33-,34-,35-,36+,37+,38-,39-,42+,43+/m0/s1. The number of carbonyl (C=O) groups is 2. The summed E-state index contributed by atoms with van der Waals surface area (Å²) in [6, 6.07) is 17.3. The number of carboxylic acids is 2. The van der Waals surface area contributed by atoms with E-state index in [9.17, 15) is 70.2 Å². The molecule has 4 aromatic carbocycles. The van der Waals surface area contributed by atoms with Gasteiger partial charge in [-0.15, -0.1) is 0 Å². The monoisotopic (exact) mass is 904 g/mol. The number of aliphatic carboxylic acids is 2. The molecule has 0 spiro atoms. The number of aliphatic hydroxyl groups is 6. The van der Waals surface area contributed by atoms with Crippen molar-refractivity contribution in [2.24, 2.45) is 0 Å². The number of rotatable bonds is 11. The molecule has 2 aliphatic rings. The number of carboxylic acid groups (broad SMARTS) is 2. The summed E-state index contributed by atoms with van der Waals surface area (Å²) in [4.78, 5) is 49.3. The number of fused-ring (bicyclic) bond motifs is 2. The fourth-order valence-electron chi connectivity index (χ4n) is 7.19. The number of phenols is 2. The first-order valence-electron chi connectivity index (χ1n) is 19.2. The molecule has 65 heavy (non-hydrogen) atoms. The summed E-state index contributed by atoms with van der Waals surface area (Å²) in [6.07, 6.45) is -19.2. The molecular weight excluding hydrogens is 868 g/mol. The number of ether oxygens (including phenoxy) is 6. The summed E-state index contributed by atoms with van der Waals surface area (Å²) >= 11 is 0. The Morgan fingerprint density at radius 2 is 0.969 bits per heavy atom. The second kappa shape index (κ2) is 17.4. The van der Waals surface area contributed by atoms with Crippen molar-refractivity contribution in [2.75, 3.05) is 7.11 Å². The number of aliphatic hydroxyl groups excluding tert-OH is 6. The minimum Gasteiger partial charge on any atom is -0.507 e. The Morgan fingerprint density at radius 3 is 1.42 bits per heavy atom. The van der Waals surface area contributed by atoms with Crippen LogP contribution in [0, 0.1) is 0 Å². The van der Waals surface area contributed by atoms with E-state index in [-0.39, 0.29) is 56.5 Å². The number of benzene rings is 4. The number of aromatic hydroxyl groups is 2. The zero-order chi connectivity index (χ0) is 46.6. The van der Waals surface area contributed by atoms with Gasteiger partial charge in [0, 0.05) is 47.5 Å². The molecule has 2 saturated heterocycles. The first-order valence-corrected chi connectivity index (χ1v) is 19.2. The van der Waals surface area contributed by atoms with Crippen LogP contribution >= 0.6 is 0 Å². The van der Waals surface area contributed by atoms with Gasteiger partial charge < -0.3 is 88.3 Å². The molecule has 0 aliphatic carbocycles. The van der Waals surface area contributed by atoms with Crippen LogP contribution in [0.1, 0.15) is 0 Å². The van der Waals surface area contributed by atoms with E-state index in [0.717, 1.165) is 24.3 Å². The van der Waals surface area contributed by atoms with E-state index in [1.165, 1.54) is 37.4 Å². The van der Waals surface area contributed by atoms with E-state index in [1.807, 2.05) is 0 Å². The number of phenolic OH excluding ortho intramolecular Hbond substituents is 2. The van der Waals surface area contributed by atoms with Gasteiger partial charge in [0.1, 0.15) is 98.8 Å². The Labute approximate surface area is 362 Å². The zero-order valence-corrected chi connectivity index (χ0v) is 33.2. The predicted octanol–water partition coefficient (Wildman–Crippen LogP) is 0.987. The van der Waals surface area contributed by atoms with Crippen LogP contribution in [0.4, 0.5) is 0 Å². The van der Waals surface area contributed by atoms with E-state index in [2.05, 4.69) is 0 Å². The third-order valence-electron chi connectivity index (χ3n) is 10.5. The molecule has 10 N–H and O–H groups in total. The van der Waals surface area contributed by atoms with Crippen molar-refractivity contribution in [2.45, 2.75) is 61.4 Å². The average Bonchev–Trinajstić information content (AvgIpc) is 3.26. The van der Waals surface area contributed by atoms with Gasteiger partial charge in [-0.2, -0.15) is 0 Å². The van der Waals surface area contributed by atoms with Gasteiger partial charge in [-0.3, -0.25) is 9.59 Å². The summed E-state index contributed by atoms with van der Waals surface area (Å²) < 4.78 is 44.8. The largest absolute Gasteiger partial charge is 0.507 e. The van der Waals surface area contributed by atoms with Crippen molar-refractivity contribution in [3.63, 3.8) is 0 Å². The van der Waals surface area contributed by atoms with Gasteiger partial charge in [0.05, 0.1) is 7.11 Å². The Morgan fingerprint density at radius 1 is 0.523 bits per heavy atom. The van der Waals surface area contributed by atoms with Crippen LogP contribution in [0.25, 0.3) is 44.6 Å². The number of hydrogen-bond donors (Lipinski definition) is 10. The molecule has 0 saturated carbocycles. The van der Waals surface area contributed by atoms with Crippen LogP contribution in [0.15, 0.2) is 97.3 Å². The maximum Gasteiger partial charge on any atom is 0.335 e. The van der Waals surface area contributed by atoms with Gasteiger partial charge >= 0.3 is 11.9 Å². The zero-order valence-electron chi connectivity index (χ0n) is 33.2. The second-order valence-corrected chi connectivity index (χ2v) is 14.8. The van der Waals surface area contributed by atoms with Crippen LogP contribution in [-0.4, -0.2) is 132 Å². The molecule has 22 heteroatoms. The number of hydrogen-bond acceptors (Lipinski definition) is 20. The van der Waals surface area contributed by atoms with Gasteiger partial charge in [0.15, 0.2) is 34.6 Å². The molecule has 4 heterocycles. The van der Waals surface area contributed by atoms with E-state index in [1.54, 1.807) is 24.3 Å². The van der Waals surface area contributed by atoms with Gasteiger partial charge in [-0.1, -0.05) is 0 Å². The van der Waals surface area contributed by atoms with Crippen molar-refractivity contribution in [3.05, 3.63) is 99.3 Å². The lowest BCUT2D eigenvalue weighted by molar-refractivity contribution is -0.271. The molecular formula is C43H36O22. The van der Waals surface area contributed by atoms with Gasteiger partial charge in [-0.25, -0.2) is 9.59 Å². The fourth-order valence-corrected chi connectivity index (χ4v) is 7.19. The Hall–Kier alpha value is -7.28. The van der Waals surface area contributed by atoms with Crippen LogP contribution in [-0.2, 0) is 19.1 Å². The Balaban J connectivity index is 1.01. The number of methoxy groups -OCH3 is 1. The normalized spacial score (nSPS) is 25.5. The van der Waals surface area contributed by atoms with Crippen LogP contribution in [0.2, 0.25) is 0 Å². The van der Waals surface area contributed by atoms with Crippen molar-refractivity contribution < 1.29 is 97.9 Å². The predicted molar refractivity (Wildman–Crippen MR) is 216 cm³/mol. The molecule has 22 nitrogen and oxygen atoms in total. The highest BCUT2D eigenvalue weighted by Gasteiger charge is 2.49. The SMILES string of the molecule is COc1cc(-c2cc(=O)c3c(O)cc(O[C@@H]4O[C@H](C(=O)O)[C@@H](O)[C@H](O)[C@H]4O)cc3o2)ccc1Oc1ccc(-c2cc(=O)c3c(O)cc(O[C@@H]4O[C@H](C(=O)O)[C@@H](O)[C@H](O)[C@H]4O)cc3o2)cc1. The minimum atomic E-state index is -1.97. The molecule has 2 fully saturated rings. The highest BCUT2D eigenvalue weighted by Crippen LogP contribution is 2.39. The lowest BCUT2D eigenvalue weighted by Gasteiger charge is -2.38. The van der Waals surface area contributed by atoms with Crippen LogP contribution < -0.4 is 29.8 Å². The van der Waals surface area contributed by atoms with Crippen molar-refractivity contribution in [1.82, 2.24) is 0 Å². The molecule has 2 aliphatic heterocycles. The van der Waals surface area contributed by atoms with Gasteiger partial charge in [0.25, 0.3) is 0 Å². The molecule has 6 aromatic rings. The average molecular weight is 905 g/mol. The van der Waals surface area contributed by atoms with Crippen molar-refractivity contribution >= 4 is 33.9 Å². The first kappa shape index (κ1) is 44.3. The quantitative estimate of drug-likeness (QED) is 0.0866. The maximum atomic E-state index is 13.2. The molecule has 0 unspecified atom stereocenters. The molecule has 8 rings (SSSR count). The summed E-state index contributed by atoms with van der Waals surface area (Å²) in [5, 5.41) is 101. The third kappa shape index (κ3) is 8.46. The van der Waals surface area contributed by atoms with E-state index in [4.69, 9.17) is 37.3 Å². The topological polar surface area (TPSA) is 352 Å². The lowest BCUT2D eigenvalue weighted by Crippen LogP contribution is -2.61. The van der Waals surface area contributed by atoms with Crippen molar-refractivity contribution in [3.8, 4) is 62.9 Å². The van der Waals surface area contributed by atoms with Gasteiger partial charge in [-0.05, 0) is 42.5 Å². The molecule has 340 valence electrons. The van der Waals surface area contributed by atoms with E-state index >= 15 is 0 Å². The van der Waals surface area contributed by atoms with E-state index < -0.39 is 95.7 Å². The van der Waals surface area contributed by atoms with Crippen LogP contribution in [0.5, 0.6) is 40.2 Å². The Kier molecular flexibility index (Phi) is 11.8. The summed E-state index contributed by atoms with van der Waals surface area (Å²) in [7, 11) is 1.36. The van der Waals surface area contributed by atoms with Gasteiger partial charge in [0.2, 0.25) is 12.6 Å². The first-order chi connectivity index (χ1) is 30.9.